The van der Waals surface area contributed by atoms with E-state index in [1.54, 1.807) is 12.3 Å². The first-order chi connectivity index (χ1) is 19.0. The molecule has 0 spiro atoms. The number of esters is 1. The molecule has 0 bridgehead atoms. The Bertz CT molecular complexity index is 1320. The number of carbonyl (C=O) groups is 1. The van der Waals surface area contributed by atoms with Crippen LogP contribution in [-0.4, -0.2) is 47.8 Å². The van der Waals surface area contributed by atoms with Crippen LogP contribution in [0, 0.1) is 22.7 Å². The summed E-state index contributed by atoms with van der Waals surface area (Å²) in [4.78, 5) is 28.6. The minimum Gasteiger partial charge on any atom is -0.456 e. The van der Waals surface area contributed by atoms with Crippen molar-refractivity contribution in [2.75, 3.05) is 42.4 Å². The summed E-state index contributed by atoms with van der Waals surface area (Å²) in [5, 5.41) is 0. The van der Waals surface area contributed by atoms with Gasteiger partial charge in [-0.25, -0.2) is 14.8 Å². The molecule has 2 aromatic rings. The van der Waals surface area contributed by atoms with Crippen molar-refractivity contribution in [2.24, 2.45) is 22.7 Å². The van der Waals surface area contributed by atoms with Crippen LogP contribution in [0.1, 0.15) is 76.7 Å². The van der Waals surface area contributed by atoms with Gasteiger partial charge in [-0.1, -0.05) is 38.5 Å². The first kappa shape index (κ1) is 28.7. The van der Waals surface area contributed by atoms with E-state index in [1.807, 2.05) is 7.05 Å². The van der Waals surface area contributed by atoms with E-state index in [9.17, 15) is 4.79 Å². The van der Waals surface area contributed by atoms with Gasteiger partial charge in [-0.15, -0.1) is 0 Å². The van der Waals surface area contributed by atoms with Gasteiger partial charge in [0.25, 0.3) is 0 Å². The molecule has 40 heavy (non-hydrogen) atoms. The Hall–Kier alpha value is -2.81. The van der Waals surface area contributed by atoms with Gasteiger partial charge in [-0.2, -0.15) is 0 Å². The monoisotopic (exact) mass is 610 g/mol. The summed E-state index contributed by atoms with van der Waals surface area (Å²) in [5.74, 6) is 2.34. The molecule has 4 unspecified atom stereocenters. The lowest BCUT2D eigenvalue weighted by atomic mass is 9.47. The molecule has 0 radical (unpaired) electrons. The Morgan fingerprint density at radius 2 is 2.12 bits per heavy atom. The Morgan fingerprint density at radius 1 is 1.32 bits per heavy atom. The fourth-order valence-electron chi connectivity index (χ4n) is 7.48. The summed E-state index contributed by atoms with van der Waals surface area (Å²) in [6.45, 7) is 11.6. The van der Waals surface area contributed by atoms with Crippen molar-refractivity contribution in [1.29, 1.82) is 0 Å². The molecule has 1 saturated carbocycles. The number of nitrogens with zero attached hydrogens (tertiary/aromatic N) is 4. The number of hydrogen-bond donors (Lipinski definition) is 2. The molecule has 2 aliphatic carbocycles. The number of nitrogens with one attached hydrogen (secondary N) is 1. The van der Waals surface area contributed by atoms with Crippen LogP contribution in [0.15, 0.2) is 46.4 Å². The van der Waals surface area contributed by atoms with E-state index in [0.29, 0.717) is 30.0 Å². The third-order valence-corrected chi connectivity index (χ3v) is 10.7. The van der Waals surface area contributed by atoms with Crippen LogP contribution >= 0.6 is 15.9 Å². The molecule has 3 aliphatic rings. The van der Waals surface area contributed by atoms with Gasteiger partial charge < -0.3 is 25.3 Å². The summed E-state index contributed by atoms with van der Waals surface area (Å²) < 4.78 is 6.66. The largest absolute Gasteiger partial charge is 0.456 e. The molecule has 0 aromatic carbocycles. The average molecular weight is 612 g/mol. The molecule has 0 amide bonds. The highest BCUT2D eigenvalue weighted by molar-refractivity contribution is 9.10. The number of H-pyrrole nitrogens is 1. The Kier molecular flexibility index (Phi) is 8.06. The van der Waals surface area contributed by atoms with Crippen molar-refractivity contribution in [1.82, 2.24) is 15.0 Å². The fraction of sp³-hybridized carbons (Fsp3) is 0.581. The van der Waals surface area contributed by atoms with Crippen molar-refractivity contribution in [3.05, 3.63) is 52.1 Å². The number of rotatable bonds is 8. The lowest BCUT2D eigenvalue weighted by Gasteiger charge is -2.58. The topological polar surface area (TPSA) is 100 Å². The molecule has 1 fully saturated rings. The zero-order chi connectivity index (χ0) is 28.7. The summed E-state index contributed by atoms with van der Waals surface area (Å²) in [6, 6.07) is 1.76. The van der Waals surface area contributed by atoms with Gasteiger partial charge in [0, 0.05) is 24.3 Å². The lowest BCUT2D eigenvalue weighted by Crippen LogP contribution is -2.50. The maximum Gasteiger partial charge on any atom is 0.355 e. The first-order valence-electron chi connectivity index (χ1n) is 14.5. The number of allylic oxidation sites excluding steroid dienone is 2. The maximum atomic E-state index is 12.7. The molecule has 5 rings (SSSR count). The van der Waals surface area contributed by atoms with E-state index in [-0.39, 0.29) is 16.8 Å². The average Bonchev–Trinajstić information content (AvgIpc) is 3.51. The van der Waals surface area contributed by atoms with E-state index in [4.69, 9.17) is 10.5 Å². The second kappa shape index (κ2) is 11.2. The summed E-state index contributed by atoms with van der Waals surface area (Å²) >= 11 is 3.39. The van der Waals surface area contributed by atoms with Crippen LogP contribution in [-0.2, 0) is 4.74 Å². The van der Waals surface area contributed by atoms with Gasteiger partial charge in [0.2, 0.25) is 0 Å². The van der Waals surface area contributed by atoms with E-state index < -0.39 is 0 Å². The Labute approximate surface area is 246 Å². The van der Waals surface area contributed by atoms with Gasteiger partial charge in [0.05, 0.1) is 6.67 Å². The van der Waals surface area contributed by atoms with Gasteiger partial charge in [0.15, 0.2) is 11.6 Å². The van der Waals surface area contributed by atoms with E-state index in [1.165, 1.54) is 30.3 Å². The fourth-order valence-corrected chi connectivity index (χ4v) is 7.82. The zero-order valence-corrected chi connectivity index (χ0v) is 26.1. The molecule has 9 heteroatoms. The lowest BCUT2D eigenvalue weighted by molar-refractivity contribution is -0.0516. The highest BCUT2D eigenvalue weighted by atomic mass is 79.9. The van der Waals surface area contributed by atoms with Crippen molar-refractivity contribution in [2.45, 2.75) is 66.2 Å². The number of anilines is 3. The number of aromatic nitrogens is 3. The number of fused-ring (bicyclic) bond motifs is 2. The van der Waals surface area contributed by atoms with Crippen molar-refractivity contribution in [3.8, 4) is 0 Å². The van der Waals surface area contributed by atoms with Crippen LogP contribution in [0.2, 0.25) is 0 Å². The third-order valence-electron chi connectivity index (χ3n) is 10.2. The van der Waals surface area contributed by atoms with Crippen LogP contribution in [0.5, 0.6) is 0 Å². The van der Waals surface area contributed by atoms with E-state index in [2.05, 4.69) is 80.5 Å². The SMILES string of the molecule is CC(=CCN1CN(C)c2ncnc(N)c21)CCC1(C)C(C)CCC2(C)C(COC(=O)c3cc(Br)c[nH]3)=CCCC21. The van der Waals surface area contributed by atoms with Crippen LogP contribution in [0.25, 0.3) is 0 Å². The second-order valence-corrected chi connectivity index (χ2v) is 13.5. The van der Waals surface area contributed by atoms with Crippen LogP contribution < -0.4 is 15.5 Å². The maximum absolute atomic E-state index is 12.7. The number of nitrogen functional groups attached to an aromatic ring is 1. The molecule has 3 heterocycles. The minimum atomic E-state index is -0.301. The standard InChI is InChI=1S/C31H43BrN6O2/c1-20(11-14-38-19-37(5)28-26(38)27(33)35-18-36-28)9-12-30(3)21(2)10-13-31(4)22(7-6-8-25(30)31)17-40-29(39)24-15-23(32)16-34-24/h7,11,15-16,18,21,25,34H,6,8-10,12-14,17,19H2,1-5H3,(H2,33,35,36). The number of aromatic amines is 1. The Morgan fingerprint density at radius 3 is 2.88 bits per heavy atom. The second-order valence-electron chi connectivity index (χ2n) is 12.6. The molecule has 4 atom stereocenters. The van der Waals surface area contributed by atoms with Crippen molar-refractivity contribution >= 4 is 39.2 Å². The molecular weight excluding hydrogens is 568 g/mol. The summed E-state index contributed by atoms with van der Waals surface area (Å²) in [6.07, 6.45) is 14.8. The quantitative estimate of drug-likeness (QED) is 0.252. The third kappa shape index (κ3) is 5.29. The normalized spacial score (nSPS) is 28.2. The van der Waals surface area contributed by atoms with Gasteiger partial charge >= 0.3 is 5.97 Å². The molecule has 0 saturated heterocycles. The molecule has 8 nitrogen and oxygen atoms in total. The molecular formula is C31H43BrN6O2. The predicted molar refractivity (Wildman–Crippen MR) is 164 cm³/mol. The predicted octanol–water partition coefficient (Wildman–Crippen LogP) is 6.73. The van der Waals surface area contributed by atoms with Gasteiger partial charge in [-0.3, -0.25) is 0 Å². The number of nitrogens with two attached hydrogens (primary N) is 1. The van der Waals surface area contributed by atoms with Crippen LogP contribution in [0.3, 0.4) is 0 Å². The summed E-state index contributed by atoms with van der Waals surface area (Å²) in [7, 11) is 2.04. The highest BCUT2D eigenvalue weighted by Gasteiger charge is 2.53. The number of carbonyl (C=O) groups excluding carboxylic acids is 1. The zero-order valence-electron chi connectivity index (χ0n) is 24.5. The van der Waals surface area contributed by atoms with Gasteiger partial charge in [-0.05, 0) is 95.7 Å². The number of hydrogen-bond acceptors (Lipinski definition) is 7. The molecule has 1 aliphatic heterocycles. The molecule has 2 aromatic heterocycles. The van der Waals surface area contributed by atoms with Crippen molar-refractivity contribution in [3.63, 3.8) is 0 Å². The van der Waals surface area contributed by atoms with Crippen LogP contribution in [0.4, 0.5) is 17.3 Å². The van der Waals surface area contributed by atoms with Gasteiger partial charge in [0.1, 0.15) is 24.3 Å². The molecule has 3 N–H and O–H groups in total. The first-order valence-corrected chi connectivity index (χ1v) is 15.2. The number of ether oxygens (including phenoxy) is 1. The van der Waals surface area contributed by atoms with E-state index in [0.717, 1.165) is 54.9 Å². The smallest absolute Gasteiger partial charge is 0.355 e. The number of halogens is 1. The highest BCUT2D eigenvalue weighted by Crippen LogP contribution is 2.62. The summed E-state index contributed by atoms with van der Waals surface area (Å²) in [5.41, 5.74) is 10.6. The molecule has 216 valence electrons. The Balaban J connectivity index is 1.24. The van der Waals surface area contributed by atoms with Crippen molar-refractivity contribution < 1.29 is 9.53 Å². The van der Waals surface area contributed by atoms with E-state index >= 15 is 0 Å². The minimum absolute atomic E-state index is 0.0507.